The van der Waals surface area contributed by atoms with Gasteiger partial charge in [-0.15, -0.1) is 0 Å². The highest BCUT2D eigenvalue weighted by molar-refractivity contribution is 9.10. The zero-order chi connectivity index (χ0) is 15.5. The first-order valence-corrected chi connectivity index (χ1v) is 9.82. The molecule has 2 rings (SSSR count). The van der Waals surface area contributed by atoms with E-state index in [1.807, 2.05) is 26.0 Å². The van der Waals surface area contributed by atoms with Crippen LogP contribution >= 0.6 is 15.9 Å². The van der Waals surface area contributed by atoms with Gasteiger partial charge in [0, 0.05) is 10.5 Å². The van der Waals surface area contributed by atoms with Gasteiger partial charge in [-0.2, -0.15) is 0 Å². The van der Waals surface area contributed by atoms with Crippen molar-refractivity contribution in [3.8, 4) is 0 Å². The minimum Gasteiger partial charge on any atom is -0.314 e. The molecule has 1 unspecified atom stereocenters. The predicted molar refractivity (Wildman–Crippen MR) is 91.3 cm³/mol. The van der Waals surface area contributed by atoms with Gasteiger partial charge in [-0.05, 0) is 62.9 Å². The Bertz CT molecular complexity index is 573. The van der Waals surface area contributed by atoms with Crippen molar-refractivity contribution in [3.05, 3.63) is 27.7 Å². The Labute approximate surface area is 135 Å². The summed E-state index contributed by atoms with van der Waals surface area (Å²) in [4.78, 5) is 0. The zero-order valence-electron chi connectivity index (χ0n) is 12.6. The van der Waals surface area contributed by atoms with Crippen molar-refractivity contribution in [3.63, 3.8) is 0 Å². The molecule has 1 saturated heterocycles. The Morgan fingerprint density at radius 1 is 1.29 bits per heavy atom. The fourth-order valence-electron chi connectivity index (χ4n) is 2.75. The van der Waals surface area contributed by atoms with Gasteiger partial charge in [-0.25, -0.2) is 8.42 Å². The smallest absolute Gasteiger partial charge is 0.232 e. The van der Waals surface area contributed by atoms with Crippen molar-refractivity contribution >= 4 is 31.6 Å². The van der Waals surface area contributed by atoms with Gasteiger partial charge in [0.15, 0.2) is 0 Å². The van der Waals surface area contributed by atoms with Gasteiger partial charge in [-0.3, -0.25) is 4.72 Å². The van der Waals surface area contributed by atoms with Gasteiger partial charge in [-0.1, -0.05) is 22.4 Å². The lowest BCUT2D eigenvalue weighted by Crippen LogP contribution is -2.36. The summed E-state index contributed by atoms with van der Waals surface area (Å²) in [7, 11) is -3.30. The first-order valence-electron chi connectivity index (χ1n) is 7.38. The van der Waals surface area contributed by atoms with Crippen LogP contribution in [0.25, 0.3) is 0 Å². The maximum atomic E-state index is 12.3. The van der Waals surface area contributed by atoms with Gasteiger partial charge in [0.25, 0.3) is 0 Å². The van der Waals surface area contributed by atoms with E-state index in [2.05, 4.69) is 26.0 Å². The molecule has 0 aliphatic carbocycles. The molecule has 2 N–H and O–H groups in total. The van der Waals surface area contributed by atoms with E-state index >= 15 is 0 Å². The molecule has 1 aromatic carbocycles. The van der Waals surface area contributed by atoms with Crippen LogP contribution in [0.1, 0.15) is 36.8 Å². The van der Waals surface area contributed by atoms with Gasteiger partial charge in [0.1, 0.15) is 0 Å². The number of aryl methyl sites for hydroxylation is 2. The van der Waals surface area contributed by atoms with E-state index in [4.69, 9.17) is 0 Å². The van der Waals surface area contributed by atoms with Crippen LogP contribution in [0.3, 0.4) is 0 Å². The number of sulfonamides is 1. The molecule has 0 saturated carbocycles. The highest BCUT2D eigenvalue weighted by Crippen LogP contribution is 2.26. The van der Waals surface area contributed by atoms with Crippen LogP contribution in [-0.2, 0) is 10.0 Å². The molecular formula is C15H23BrN2O2S. The average molecular weight is 375 g/mol. The second kappa shape index (κ2) is 7.11. The van der Waals surface area contributed by atoms with Crippen LogP contribution < -0.4 is 10.0 Å². The van der Waals surface area contributed by atoms with Crippen LogP contribution in [0.4, 0.5) is 5.69 Å². The van der Waals surface area contributed by atoms with Crippen molar-refractivity contribution < 1.29 is 8.42 Å². The molecule has 0 bridgehead atoms. The van der Waals surface area contributed by atoms with Gasteiger partial charge in [0.2, 0.25) is 10.0 Å². The van der Waals surface area contributed by atoms with Crippen LogP contribution in [0.5, 0.6) is 0 Å². The van der Waals surface area contributed by atoms with E-state index in [-0.39, 0.29) is 5.75 Å². The van der Waals surface area contributed by atoms with Gasteiger partial charge in [0.05, 0.1) is 11.4 Å². The third-order valence-corrected chi connectivity index (χ3v) is 5.65. The molecule has 1 aromatic rings. The molecular weight excluding hydrogens is 352 g/mol. The Morgan fingerprint density at radius 3 is 2.52 bits per heavy atom. The monoisotopic (exact) mass is 374 g/mol. The highest BCUT2D eigenvalue weighted by Gasteiger charge is 2.18. The molecule has 6 heteroatoms. The molecule has 1 heterocycles. The van der Waals surface area contributed by atoms with Gasteiger partial charge < -0.3 is 5.32 Å². The van der Waals surface area contributed by atoms with E-state index in [1.54, 1.807) is 0 Å². The average Bonchev–Trinajstić information content (AvgIpc) is 2.42. The quantitative estimate of drug-likeness (QED) is 0.830. The fourth-order valence-corrected chi connectivity index (χ4v) is 4.76. The molecule has 118 valence electrons. The van der Waals surface area contributed by atoms with E-state index < -0.39 is 10.0 Å². The summed E-state index contributed by atoms with van der Waals surface area (Å²) in [5, 5.41) is 3.39. The Hall–Kier alpha value is -0.590. The summed E-state index contributed by atoms with van der Waals surface area (Å²) < 4.78 is 28.3. The molecule has 0 radical (unpaired) electrons. The lowest BCUT2D eigenvalue weighted by atomic mass is 10.0. The topological polar surface area (TPSA) is 58.2 Å². The maximum Gasteiger partial charge on any atom is 0.232 e. The maximum absolute atomic E-state index is 12.3. The highest BCUT2D eigenvalue weighted by atomic mass is 79.9. The minimum absolute atomic E-state index is 0.166. The first-order chi connectivity index (χ1) is 9.87. The molecule has 0 spiro atoms. The van der Waals surface area contributed by atoms with E-state index in [0.717, 1.165) is 28.6 Å². The SMILES string of the molecule is Cc1cc(Br)cc(C)c1NS(=O)(=O)CCC1CCCCN1. The number of halogens is 1. The number of anilines is 1. The lowest BCUT2D eigenvalue weighted by Gasteiger charge is -2.23. The first kappa shape index (κ1) is 16.8. The summed E-state index contributed by atoms with van der Waals surface area (Å²) in [5.74, 6) is 0.166. The van der Waals surface area contributed by atoms with Crippen molar-refractivity contribution in [2.24, 2.45) is 0 Å². The predicted octanol–water partition coefficient (Wildman–Crippen LogP) is 3.34. The number of benzene rings is 1. The number of hydrogen-bond acceptors (Lipinski definition) is 3. The molecule has 4 nitrogen and oxygen atoms in total. The van der Waals surface area contributed by atoms with Crippen molar-refractivity contribution in [1.82, 2.24) is 5.32 Å². The van der Waals surface area contributed by atoms with Gasteiger partial charge >= 0.3 is 0 Å². The molecule has 1 aliphatic heterocycles. The summed E-state index contributed by atoms with van der Waals surface area (Å²) in [6, 6.07) is 4.18. The fraction of sp³-hybridized carbons (Fsp3) is 0.600. The Morgan fingerprint density at radius 2 is 1.95 bits per heavy atom. The summed E-state index contributed by atoms with van der Waals surface area (Å²) >= 11 is 3.42. The van der Waals surface area contributed by atoms with Crippen LogP contribution in [0.15, 0.2) is 16.6 Å². The second-order valence-corrected chi connectivity index (χ2v) is 8.53. The van der Waals surface area contributed by atoms with Crippen LogP contribution in [0.2, 0.25) is 0 Å². The third kappa shape index (κ3) is 4.97. The van der Waals surface area contributed by atoms with Crippen molar-refractivity contribution in [2.75, 3.05) is 17.0 Å². The van der Waals surface area contributed by atoms with Crippen LogP contribution in [0, 0.1) is 13.8 Å². The Kier molecular flexibility index (Phi) is 5.68. The minimum atomic E-state index is -3.30. The molecule has 1 aliphatic rings. The number of hydrogen-bond donors (Lipinski definition) is 2. The zero-order valence-corrected chi connectivity index (χ0v) is 15.0. The molecule has 1 fully saturated rings. The summed E-state index contributed by atoms with van der Waals surface area (Å²) in [6.45, 7) is 4.83. The lowest BCUT2D eigenvalue weighted by molar-refractivity contribution is 0.393. The van der Waals surface area contributed by atoms with E-state index in [0.29, 0.717) is 18.2 Å². The third-order valence-electron chi connectivity index (χ3n) is 3.90. The second-order valence-electron chi connectivity index (χ2n) is 5.77. The number of nitrogens with one attached hydrogen (secondary N) is 2. The molecule has 1 atom stereocenters. The standard InChI is InChI=1S/C15H23BrN2O2S/c1-11-9-13(16)10-12(2)15(11)18-21(19,20)8-6-14-5-3-4-7-17-14/h9-10,14,17-18H,3-8H2,1-2H3. The van der Waals surface area contributed by atoms with E-state index in [1.165, 1.54) is 12.8 Å². The van der Waals surface area contributed by atoms with Crippen LogP contribution in [-0.4, -0.2) is 26.8 Å². The van der Waals surface area contributed by atoms with Crippen molar-refractivity contribution in [2.45, 2.75) is 45.6 Å². The van der Waals surface area contributed by atoms with Crippen molar-refractivity contribution in [1.29, 1.82) is 0 Å². The number of piperidine rings is 1. The Balaban J connectivity index is 2.00. The molecule has 0 amide bonds. The summed E-state index contributed by atoms with van der Waals surface area (Å²) in [5.41, 5.74) is 2.57. The largest absolute Gasteiger partial charge is 0.314 e. The van der Waals surface area contributed by atoms with E-state index in [9.17, 15) is 8.42 Å². The number of rotatable bonds is 5. The molecule has 21 heavy (non-hydrogen) atoms. The normalized spacial score (nSPS) is 19.5. The molecule has 0 aromatic heterocycles. The summed E-state index contributed by atoms with van der Waals surface area (Å²) in [6.07, 6.45) is 4.13.